The second-order valence-electron chi connectivity index (χ2n) is 2.78. The first-order valence-electron chi connectivity index (χ1n) is 4.45. The summed E-state index contributed by atoms with van der Waals surface area (Å²) in [7, 11) is 0. The van der Waals surface area contributed by atoms with E-state index in [0.717, 1.165) is 19.8 Å². The summed E-state index contributed by atoms with van der Waals surface area (Å²) in [5.41, 5.74) is 0. The molecule has 0 heterocycles. The molecule has 0 aromatic carbocycles. The summed E-state index contributed by atoms with van der Waals surface area (Å²) in [4.78, 5) is 17.4. The van der Waals surface area contributed by atoms with Crippen LogP contribution in [0.15, 0.2) is 0 Å². The van der Waals surface area contributed by atoms with Crippen molar-refractivity contribution in [3.05, 3.63) is 0 Å². The van der Waals surface area contributed by atoms with Crippen molar-refractivity contribution in [2.75, 3.05) is 13.2 Å². The minimum absolute atomic E-state index is 0.236. The van der Waals surface area contributed by atoms with Crippen LogP contribution in [0.1, 0.15) is 26.7 Å². The molecule has 0 saturated heterocycles. The Labute approximate surface area is 89.2 Å². The number of carboxylic acids is 1. The topological polar surface area (TPSA) is 115 Å². The Morgan fingerprint density at radius 2 is 1.73 bits per heavy atom. The Kier molecular flexibility index (Phi) is 24.1. The number of carboxylic acid groups (broad SMARTS) is 2. The average molecular weight is 224 g/mol. The van der Waals surface area contributed by atoms with Gasteiger partial charge in [0.2, 0.25) is 0 Å². The molecule has 0 radical (unpaired) electrons. The monoisotopic (exact) mass is 224 g/mol. The number of hydrogen-bond acceptors (Lipinski definition) is 4. The van der Waals surface area contributed by atoms with Gasteiger partial charge in [0, 0.05) is 20.1 Å². The molecule has 0 bridgehead atoms. The third-order valence-electron chi connectivity index (χ3n) is 1.17. The van der Waals surface area contributed by atoms with Crippen LogP contribution < -0.4 is 0 Å². The van der Waals surface area contributed by atoms with E-state index in [4.69, 9.17) is 30.0 Å². The van der Waals surface area contributed by atoms with E-state index in [2.05, 4.69) is 0 Å². The van der Waals surface area contributed by atoms with Gasteiger partial charge in [0.15, 0.2) is 0 Å². The standard InChI is InChI=1S/C6H14O2.C2H4O2.CH2O2/c1-6(5-8)3-2-4-7;1-2(3)4;2-1-3/h6-8H,2-5H2,1H3;1H3,(H,3,4);1H,(H,2,3). The molecule has 4 N–H and O–H groups in total. The van der Waals surface area contributed by atoms with Crippen LogP contribution in [0.3, 0.4) is 0 Å². The van der Waals surface area contributed by atoms with Crippen LogP contribution in [0.2, 0.25) is 0 Å². The van der Waals surface area contributed by atoms with Crippen molar-refractivity contribution in [3.63, 3.8) is 0 Å². The number of aliphatic carboxylic acids is 1. The van der Waals surface area contributed by atoms with Gasteiger partial charge in [-0.05, 0) is 18.8 Å². The van der Waals surface area contributed by atoms with Gasteiger partial charge in [0.1, 0.15) is 0 Å². The molecule has 0 aliphatic carbocycles. The molecule has 0 spiro atoms. The van der Waals surface area contributed by atoms with Gasteiger partial charge in [-0.15, -0.1) is 0 Å². The molecule has 92 valence electrons. The lowest BCUT2D eigenvalue weighted by Gasteiger charge is -2.03. The Bertz CT molecular complexity index is 133. The molecule has 0 saturated carbocycles. The summed E-state index contributed by atoms with van der Waals surface area (Å²) in [5.74, 6) is -0.484. The zero-order valence-corrected chi connectivity index (χ0v) is 9.09. The SMILES string of the molecule is CC(=O)O.CC(CO)CCCO.O=CO. The third kappa shape index (κ3) is 64.2. The van der Waals surface area contributed by atoms with Crippen molar-refractivity contribution in [2.24, 2.45) is 5.92 Å². The average Bonchev–Trinajstić information content (AvgIpc) is 2.14. The highest BCUT2D eigenvalue weighted by atomic mass is 16.4. The number of aliphatic hydroxyl groups is 2. The molecule has 0 rings (SSSR count). The van der Waals surface area contributed by atoms with Gasteiger partial charge in [-0.3, -0.25) is 9.59 Å². The molecule has 1 atom stereocenters. The van der Waals surface area contributed by atoms with Crippen molar-refractivity contribution in [1.82, 2.24) is 0 Å². The first kappa shape index (κ1) is 19.4. The largest absolute Gasteiger partial charge is 0.483 e. The van der Waals surface area contributed by atoms with Gasteiger partial charge in [-0.1, -0.05) is 6.92 Å². The smallest absolute Gasteiger partial charge is 0.300 e. The maximum absolute atomic E-state index is 9.00. The van der Waals surface area contributed by atoms with Gasteiger partial charge < -0.3 is 20.4 Å². The van der Waals surface area contributed by atoms with E-state index >= 15 is 0 Å². The number of carbonyl (C=O) groups is 2. The molecule has 15 heavy (non-hydrogen) atoms. The van der Waals surface area contributed by atoms with Crippen molar-refractivity contribution < 1.29 is 30.0 Å². The normalized spacial score (nSPS) is 9.87. The Balaban J connectivity index is -0.000000173. The molecule has 0 aromatic heterocycles. The third-order valence-corrected chi connectivity index (χ3v) is 1.17. The first-order chi connectivity index (χ1) is 6.95. The van der Waals surface area contributed by atoms with Crippen LogP contribution in [0.5, 0.6) is 0 Å². The molecule has 1 unspecified atom stereocenters. The minimum Gasteiger partial charge on any atom is -0.483 e. The molecule has 0 aliphatic rings. The fraction of sp³-hybridized carbons (Fsp3) is 0.778. The predicted octanol–water partition coefficient (Wildman–Crippen LogP) is 0.179. The van der Waals surface area contributed by atoms with Crippen LogP contribution >= 0.6 is 0 Å². The lowest BCUT2D eigenvalue weighted by molar-refractivity contribution is -0.134. The fourth-order valence-electron chi connectivity index (χ4n) is 0.531. The summed E-state index contributed by atoms with van der Waals surface area (Å²) in [6.07, 6.45) is 1.73. The van der Waals surface area contributed by atoms with E-state index < -0.39 is 5.97 Å². The van der Waals surface area contributed by atoms with Gasteiger partial charge in [0.25, 0.3) is 12.4 Å². The fourth-order valence-corrected chi connectivity index (χ4v) is 0.531. The van der Waals surface area contributed by atoms with E-state index in [-0.39, 0.29) is 19.7 Å². The van der Waals surface area contributed by atoms with E-state index in [1.54, 1.807) is 0 Å². The molecular formula is C9H20O6. The van der Waals surface area contributed by atoms with E-state index in [1.165, 1.54) is 0 Å². The number of aliphatic hydroxyl groups excluding tert-OH is 2. The van der Waals surface area contributed by atoms with Crippen molar-refractivity contribution in [3.8, 4) is 0 Å². The first-order valence-corrected chi connectivity index (χ1v) is 4.45. The van der Waals surface area contributed by atoms with E-state index in [1.807, 2.05) is 6.92 Å². The summed E-state index contributed by atoms with van der Waals surface area (Å²) in [6, 6.07) is 0. The Morgan fingerprint density at radius 3 is 1.93 bits per heavy atom. The molecule has 6 heteroatoms. The van der Waals surface area contributed by atoms with Crippen LogP contribution in [-0.2, 0) is 9.59 Å². The maximum Gasteiger partial charge on any atom is 0.300 e. The second kappa shape index (κ2) is 18.6. The molecular weight excluding hydrogens is 204 g/mol. The van der Waals surface area contributed by atoms with Crippen LogP contribution in [0.25, 0.3) is 0 Å². The van der Waals surface area contributed by atoms with Crippen molar-refractivity contribution >= 4 is 12.4 Å². The zero-order chi connectivity index (χ0) is 12.7. The lowest BCUT2D eigenvalue weighted by atomic mass is 10.1. The van der Waals surface area contributed by atoms with Gasteiger partial charge in [-0.2, -0.15) is 0 Å². The maximum atomic E-state index is 9.00. The van der Waals surface area contributed by atoms with E-state index in [0.29, 0.717) is 5.92 Å². The zero-order valence-electron chi connectivity index (χ0n) is 9.09. The molecule has 6 nitrogen and oxygen atoms in total. The summed E-state index contributed by atoms with van der Waals surface area (Å²) < 4.78 is 0. The lowest BCUT2D eigenvalue weighted by Crippen LogP contribution is -2.00. The summed E-state index contributed by atoms with van der Waals surface area (Å²) in [5, 5.41) is 31.1. The molecule has 0 aromatic rings. The summed E-state index contributed by atoms with van der Waals surface area (Å²) in [6.45, 7) is 3.28. The second-order valence-corrected chi connectivity index (χ2v) is 2.78. The summed E-state index contributed by atoms with van der Waals surface area (Å²) >= 11 is 0. The minimum atomic E-state index is -0.833. The van der Waals surface area contributed by atoms with Crippen molar-refractivity contribution in [1.29, 1.82) is 0 Å². The highest BCUT2D eigenvalue weighted by Crippen LogP contribution is 2.01. The highest BCUT2D eigenvalue weighted by molar-refractivity contribution is 5.62. The number of hydrogen-bond donors (Lipinski definition) is 4. The number of rotatable bonds is 4. The Morgan fingerprint density at radius 1 is 1.40 bits per heavy atom. The van der Waals surface area contributed by atoms with Crippen LogP contribution in [-0.4, -0.2) is 46.1 Å². The highest BCUT2D eigenvalue weighted by Gasteiger charge is 1.96. The van der Waals surface area contributed by atoms with Gasteiger partial charge in [-0.25, -0.2) is 0 Å². The molecule has 0 aliphatic heterocycles. The van der Waals surface area contributed by atoms with Gasteiger partial charge in [0.05, 0.1) is 0 Å². The van der Waals surface area contributed by atoms with Crippen LogP contribution in [0, 0.1) is 5.92 Å². The Hall–Kier alpha value is -1.14. The predicted molar refractivity (Wildman–Crippen MR) is 54.6 cm³/mol. The molecule has 0 amide bonds. The van der Waals surface area contributed by atoms with E-state index in [9.17, 15) is 0 Å². The van der Waals surface area contributed by atoms with Crippen molar-refractivity contribution in [2.45, 2.75) is 26.7 Å². The van der Waals surface area contributed by atoms with Crippen LogP contribution in [0.4, 0.5) is 0 Å². The molecule has 0 fully saturated rings. The van der Waals surface area contributed by atoms with Gasteiger partial charge >= 0.3 is 0 Å². The quantitative estimate of drug-likeness (QED) is 0.506.